The van der Waals surface area contributed by atoms with E-state index in [1.165, 1.54) is 205 Å². The van der Waals surface area contributed by atoms with Crippen LogP contribution in [0.3, 0.4) is 0 Å². The van der Waals surface area contributed by atoms with Crippen molar-refractivity contribution in [2.45, 2.75) is 322 Å². The highest BCUT2D eigenvalue weighted by molar-refractivity contribution is 5.78. The molecule has 3 N–H and O–H groups in total. The summed E-state index contributed by atoms with van der Waals surface area (Å²) in [5, 5.41) is 23.8. The number of esters is 1. The van der Waals surface area contributed by atoms with E-state index in [9.17, 15) is 19.8 Å². The Balaban J connectivity index is 4.50. The van der Waals surface area contributed by atoms with E-state index in [0.29, 0.717) is 12.8 Å². The molecule has 0 aromatic carbocycles. The molecular formula is C59H111NO5. The number of hydrogen-bond donors (Lipinski definition) is 3. The highest BCUT2D eigenvalue weighted by Crippen LogP contribution is 2.17. The molecule has 0 aromatic rings. The van der Waals surface area contributed by atoms with Crippen LogP contribution >= 0.6 is 0 Å². The fourth-order valence-corrected chi connectivity index (χ4v) is 8.80. The van der Waals surface area contributed by atoms with Crippen LogP contribution < -0.4 is 5.32 Å². The second-order valence-electron chi connectivity index (χ2n) is 19.7. The Morgan fingerprint density at radius 1 is 0.462 bits per heavy atom. The quantitative estimate of drug-likeness (QED) is 0.0321. The Kier molecular flexibility index (Phi) is 51.5. The average molecular weight is 915 g/mol. The van der Waals surface area contributed by atoms with E-state index in [4.69, 9.17) is 4.74 Å². The Bertz CT molecular complexity index is 1070. The molecule has 0 saturated heterocycles. The summed E-state index contributed by atoms with van der Waals surface area (Å²) >= 11 is 0. The number of aliphatic hydroxyl groups is 2. The van der Waals surface area contributed by atoms with Crippen molar-refractivity contribution in [1.82, 2.24) is 5.32 Å². The number of carbonyl (C=O) groups excluding carboxylic acids is 2. The monoisotopic (exact) mass is 914 g/mol. The van der Waals surface area contributed by atoms with Crippen LogP contribution in [0.15, 0.2) is 36.5 Å². The smallest absolute Gasteiger partial charge is 0.306 e. The summed E-state index contributed by atoms with van der Waals surface area (Å²) in [4.78, 5) is 26.1. The maximum absolute atomic E-state index is 13.2. The Labute approximate surface area is 404 Å². The predicted molar refractivity (Wildman–Crippen MR) is 282 cm³/mol. The second kappa shape index (κ2) is 53.0. The van der Waals surface area contributed by atoms with Crippen molar-refractivity contribution < 1.29 is 24.5 Å². The van der Waals surface area contributed by atoms with Gasteiger partial charge in [0, 0.05) is 6.42 Å². The van der Waals surface area contributed by atoms with E-state index in [0.717, 1.165) is 57.8 Å². The van der Waals surface area contributed by atoms with Crippen LogP contribution in [-0.2, 0) is 14.3 Å². The van der Waals surface area contributed by atoms with E-state index in [1.807, 2.05) is 12.2 Å². The van der Waals surface area contributed by atoms with Crippen LogP contribution in [0.25, 0.3) is 0 Å². The van der Waals surface area contributed by atoms with Gasteiger partial charge in [-0.25, -0.2) is 0 Å². The van der Waals surface area contributed by atoms with Crippen LogP contribution in [0, 0.1) is 0 Å². The minimum Gasteiger partial charge on any atom is -0.458 e. The molecule has 6 heteroatoms. The lowest BCUT2D eigenvalue weighted by atomic mass is 10.0. The molecule has 0 heterocycles. The number of carbonyl (C=O) groups is 2. The van der Waals surface area contributed by atoms with Crippen molar-refractivity contribution >= 4 is 11.9 Å². The van der Waals surface area contributed by atoms with Crippen molar-refractivity contribution in [3.8, 4) is 0 Å². The molecule has 3 unspecified atom stereocenters. The Morgan fingerprint density at radius 3 is 1.22 bits per heavy atom. The van der Waals surface area contributed by atoms with E-state index in [-0.39, 0.29) is 24.9 Å². The van der Waals surface area contributed by atoms with Gasteiger partial charge in [0.2, 0.25) is 5.91 Å². The second-order valence-corrected chi connectivity index (χ2v) is 19.7. The normalized spacial score (nSPS) is 13.4. The largest absolute Gasteiger partial charge is 0.458 e. The molecule has 1 amide bonds. The van der Waals surface area contributed by atoms with Gasteiger partial charge < -0.3 is 20.3 Å². The summed E-state index contributed by atoms with van der Waals surface area (Å²) in [5.41, 5.74) is 0. The van der Waals surface area contributed by atoms with E-state index in [1.54, 1.807) is 0 Å². The van der Waals surface area contributed by atoms with Crippen molar-refractivity contribution in [2.75, 3.05) is 6.61 Å². The molecule has 0 spiro atoms. The van der Waals surface area contributed by atoms with E-state index >= 15 is 0 Å². The number of allylic oxidation sites excluding steroid dienone is 5. The van der Waals surface area contributed by atoms with Gasteiger partial charge in [0.1, 0.15) is 6.10 Å². The molecule has 3 atom stereocenters. The van der Waals surface area contributed by atoms with Gasteiger partial charge in [0.05, 0.1) is 25.2 Å². The summed E-state index contributed by atoms with van der Waals surface area (Å²) < 4.78 is 5.84. The van der Waals surface area contributed by atoms with Gasteiger partial charge in [0.15, 0.2) is 0 Å². The maximum Gasteiger partial charge on any atom is 0.306 e. The number of ether oxygens (including phenoxy) is 1. The number of rotatable bonds is 52. The van der Waals surface area contributed by atoms with Crippen molar-refractivity contribution in [3.63, 3.8) is 0 Å². The highest BCUT2D eigenvalue weighted by atomic mass is 16.5. The lowest BCUT2D eigenvalue weighted by Crippen LogP contribution is -2.46. The summed E-state index contributed by atoms with van der Waals surface area (Å²) in [6.07, 6.45) is 63.9. The molecule has 0 aromatic heterocycles. The first-order valence-electron chi connectivity index (χ1n) is 28.7. The lowest BCUT2D eigenvalue weighted by Gasteiger charge is -2.23. The average Bonchev–Trinajstić information content (AvgIpc) is 3.30. The topological polar surface area (TPSA) is 95.9 Å². The molecule has 0 bridgehead atoms. The number of unbranched alkanes of at least 4 members (excludes halogenated alkanes) is 36. The summed E-state index contributed by atoms with van der Waals surface area (Å²) in [6.45, 7) is 6.47. The fraction of sp³-hybridized carbons (Fsp3) is 0.864. The minimum absolute atomic E-state index is 0.0291. The summed E-state index contributed by atoms with van der Waals surface area (Å²) in [7, 11) is 0. The molecule has 0 saturated carbocycles. The predicted octanol–water partition coefficient (Wildman–Crippen LogP) is 17.6. The van der Waals surface area contributed by atoms with Gasteiger partial charge in [-0.05, 0) is 63.9 Å². The Morgan fingerprint density at radius 2 is 0.815 bits per heavy atom. The third kappa shape index (κ3) is 48.3. The van der Waals surface area contributed by atoms with Crippen LogP contribution in [0.4, 0.5) is 0 Å². The van der Waals surface area contributed by atoms with Crippen molar-refractivity contribution in [3.05, 3.63) is 36.5 Å². The molecule has 382 valence electrons. The summed E-state index contributed by atoms with van der Waals surface area (Å²) in [6, 6.07) is -0.732. The van der Waals surface area contributed by atoms with Gasteiger partial charge in [-0.3, -0.25) is 9.59 Å². The summed E-state index contributed by atoms with van der Waals surface area (Å²) in [5.74, 6) is -0.600. The zero-order valence-corrected chi connectivity index (χ0v) is 43.6. The van der Waals surface area contributed by atoms with E-state index < -0.39 is 18.2 Å². The third-order valence-electron chi connectivity index (χ3n) is 13.2. The first-order valence-corrected chi connectivity index (χ1v) is 28.7. The van der Waals surface area contributed by atoms with Crippen molar-refractivity contribution in [2.24, 2.45) is 0 Å². The number of hydrogen-bond acceptors (Lipinski definition) is 5. The minimum atomic E-state index is -0.811. The van der Waals surface area contributed by atoms with Gasteiger partial charge in [-0.15, -0.1) is 0 Å². The van der Waals surface area contributed by atoms with E-state index in [2.05, 4.69) is 50.4 Å². The number of amides is 1. The highest BCUT2D eigenvalue weighted by Gasteiger charge is 2.23. The molecule has 0 fully saturated rings. The van der Waals surface area contributed by atoms with Gasteiger partial charge in [-0.2, -0.15) is 0 Å². The third-order valence-corrected chi connectivity index (χ3v) is 13.2. The molecule has 65 heavy (non-hydrogen) atoms. The standard InChI is InChI=1S/C59H111NO5/c1-4-7-10-13-16-19-22-24-26-28-30-32-34-37-40-43-46-49-52-59(64)65-55(50-47-44-41-38-35-21-18-15-12-9-6-3)53-58(63)60-56(54-61)57(62)51-48-45-42-39-36-33-31-29-27-25-23-20-17-14-11-8-5-2/h30,32,38,41,47,50,55-57,61-62H,4-29,31,33-37,39-40,42-46,48-49,51-54H2,1-3H3,(H,60,63)/b32-30+,41-38-,50-47+. The van der Waals surface area contributed by atoms with Crippen LogP contribution in [0.1, 0.15) is 303 Å². The number of aliphatic hydroxyl groups excluding tert-OH is 2. The molecular weight excluding hydrogens is 803 g/mol. The molecule has 0 aliphatic rings. The maximum atomic E-state index is 13.2. The van der Waals surface area contributed by atoms with Gasteiger partial charge in [0.25, 0.3) is 0 Å². The van der Waals surface area contributed by atoms with Crippen LogP contribution in [0.5, 0.6) is 0 Å². The van der Waals surface area contributed by atoms with Gasteiger partial charge in [-0.1, -0.05) is 263 Å². The Hall–Kier alpha value is -1.92. The first kappa shape index (κ1) is 63.1. The molecule has 0 rings (SSSR count). The lowest BCUT2D eigenvalue weighted by molar-refractivity contribution is -0.148. The molecule has 0 aliphatic carbocycles. The zero-order chi connectivity index (χ0) is 47.4. The van der Waals surface area contributed by atoms with Crippen molar-refractivity contribution in [1.29, 1.82) is 0 Å². The fourth-order valence-electron chi connectivity index (χ4n) is 8.80. The zero-order valence-electron chi connectivity index (χ0n) is 43.6. The molecule has 6 nitrogen and oxygen atoms in total. The van der Waals surface area contributed by atoms with Crippen LogP contribution in [-0.4, -0.2) is 46.9 Å². The SMILES string of the molecule is CCCCCCCC/C=C\C/C=C/C(CC(=O)NC(CO)C(O)CCCCCCCCCCCCCCCCCCC)OC(=O)CCCCCCC/C=C/CCCCCCCCCCC. The van der Waals surface area contributed by atoms with Crippen LogP contribution in [0.2, 0.25) is 0 Å². The molecule has 0 aliphatic heterocycles. The first-order chi connectivity index (χ1) is 32.0. The number of nitrogens with one attached hydrogen (secondary N) is 1. The van der Waals surface area contributed by atoms with Gasteiger partial charge >= 0.3 is 5.97 Å². The molecule has 0 radical (unpaired) electrons.